The second-order valence-corrected chi connectivity index (χ2v) is 4.54. The molecule has 0 bridgehead atoms. The molecule has 1 aliphatic heterocycles. The van der Waals surface area contributed by atoms with Crippen LogP contribution in [0, 0.1) is 0 Å². The van der Waals surface area contributed by atoms with Gasteiger partial charge in [-0.05, 0) is 18.2 Å². The smallest absolute Gasteiger partial charge is 0.0811 e. The first-order valence-corrected chi connectivity index (χ1v) is 5.66. The van der Waals surface area contributed by atoms with E-state index in [-0.39, 0.29) is 0 Å². The molecule has 15 heavy (non-hydrogen) atoms. The fourth-order valence-electron chi connectivity index (χ4n) is 1.81. The molecule has 1 aromatic carbocycles. The van der Waals surface area contributed by atoms with Gasteiger partial charge in [-0.1, -0.05) is 22.0 Å². The zero-order chi connectivity index (χ0) is 10.3. The van der Waals surface area contributed by atoms with E-state index in [2.05, 4.69) is 44.7 Å². The van der Waals surface area contributed by atoms with Gasteiger partial charge in [0.25, 0.3) is 0 Å². The van der Waals surface area contributed by atoms with Crippen LogP contribution in [-0.2, 0) is 13.1 Å². The summed E-state index contributed by atoms with van der Waals surface area (Å²) in [4.78, 5) is 0. The van der Waals surface area contributed by atoms with Crippen molar-refractivity contribution in [3.63, 3.8) is 0 Å². The summed E-state index contributed by atoms with van der Waals surface area (Å²) in [6.07, 6.45) is 2.09. The van der Waals surface area contributed by atoms with Crippen LogP contribution in [0.1, 0.15) is 11.3 Å². The zero-order valence-corrected chi connectivity index (χ0v) is 9.66. The maximum Gasteiger partial charge on any atom is 0.0811 e. The highest BCUT2D eigenvalue weighted by atomic mass is 79.9. The Kier molecular flexibility index (Phi) is 2.11. The van der Waals surface area contributed by atoms with Crippen LogP contribution in [0.25, 0.3) is 5.69 Å². The van der Waals surface area contributed by atoms with Gasteiger partial charge in [0.05, 0.1) is 11.4 Å². The van der Waals surface area contributed by atoms with Crippen molar-refractivity contribution in [1.82, 2.24) is 15.1 Å². The first-order valence-electron chi connectivity index (χ1n) is 4.87. The number of rotatable bonds is 1. The van der Waals surface area contributed by atoms with Gasteiger partial charge in [0.15, 0.2) is 0 Å². The highest BCUT2D eigenvalue weighted by Crippen LogP contribution is 2.18. The molecule has 3 nitrogen and oxygen atoms in total. The van der Waals surface area contributed by atoms with Crippen LogP contribution in [0.3, 0.4) is 0 Å². The number of nitrogens with one attached hydrogen (secondary N) is 1. The third-order valence-electron chi connectivity index (χ3n) is 2.56. The van der Waals surface area contributed by atoms with Crippen LogP contribution < -0.4 is 5.32 Å². The van der Waals surface area contributed by atoms with Crippen LogP contribution in [0.2, 0.25) is 0 Å². The molecule has 2 heterocycles. The van der Waals surface area contributed by atoms with Crippen molar-refractivity contribution in [2.24, 2.45) is 0 Å². The van der Waals surface area contributed by atoms with Crippen molar-refractivity contribution in [3.05, 3.63) is 46.2 Å². The van der Waals surface area contributed by atoms with Gasteiger partial charge in [-0.25, -0.2) is 4.68 Å². The van der Waals surface area contributed by atoms with Crippen molar-refractivity contribution >= 4 is 15.9 Å². The largest absolute Gasteiger partial charge is 0.307 e. The van der Waals surface area contributed by atoms with E-state index in [0.717, 1.165) is 28.9 Å². The maximum absolute atomic E-state index is 4.54. The summed E-state index contributed by atoms with van der Waals surface area (Å²) >= 11 is 3.46. The van der Waals surface area contributed by atoms with Crippen molar-refractivity contribution < 1.29 is 0 Å². The SMILES string of the molecule is Brc1cccc(-n2cc3c(n2)CNC3)c1. The zero-order valence-electron chi connectivity index (χ0n) is 8.07. The molecule has 0 atom stereocenters. The van der Waals surface area contributed by atoms with Gasteiger partial charge in [-0.2, -0.15) is 5.10 Å². The van der Waals surface area contributed by atoms with Gasteiger partial charge in [0.2, 0.25) is 0 Å². The van der Waals surface area contributed by atoms with E-state index in [1.165, 1.54) is 5.56 Å². The number of halogens is 1. The second kappa shape index (κ2) is 3.47. The summed E-state index contributed by atoms with van der Waals surface area (Å²) in [6.45, 7) is 1.82. The number of hydrogen-bond donors (Lipinski definition) is 1. The van der Waals surface area contributed by atoms with E-state index in [1.54, 1.807) is 0 Å². The number of nitrogens with zero attached hydrogens (tertiary/aromatic N) is 2. The predicted octanol–water partition coefficient (Wildman–Crippen LogP) is 2.24. The van der Waals surface area contributed by atoms with E-state index in [9.17, 15) is 0 Å². The van der Waals surface area contributed by atoms with Crippen LogP contribution in [0.15, 0.2) is 34.9 Å². The van der Waals surface area contributed by atoms with Crippen molar-refractivity contribution in [1.29, 1.82) is 0 Å². The summed E-state index contributed by atoms with van der Waals surface area (Å²) in [5.74, 6) is 0. The highest BCUT2D eigenvalue weighted by Gasteiger charge is 2.14. The summed E-state index contributed by atoms with van der Waals surface area (Å²) < 4.78 is 3.02. The molecule has 0 amide bonds. The molecule has 0 aliphatic carbocycles. The molecule has 0 fully saturated rings. The van der Waals surface area contributed by atoms with E-state index < -0.39 is 0 Å². The lowest BCUT2D eigenvalue weighted by Crippen LogP contribution is -2.04. The van der Waals surface area contributed by atoms with Crippen LogP contribution in [0.4, 0.5) is 0 Å². The van der Waals surface area contributed by atoms with Gasteiger partial charge < -0.3 is 5.32 Å². The molecule has 0 spiro atoms. The third-order valence-corrected chi connectivity index (χ3v) is 3.05. The van der Waals surface area contributed by atoms with Crippen LogP contribution in [0.5, 0.6) is 0 Å². The fourth-order valence-corrected chi connectivity index (χ4v) is 2.20. The summed E-state index contributed by atoms with van der Waals surface area (Å²) in [5.41, 5.74) is 3.56. The maximum atomic E-state index is 4.54. The topological polar surface area (TPSA) is 29.9 Å². The molecule has 0 radical (unpaired) electrons. The standard InChI is InChI=1S/C11H10BrN3/c12-9-2-1-3-10(4-9)15-7-8-5-13-6-11(8)14-15/h1-4,7,13H,5-6H2. The van der Waals surface area contributed by atoms with E-state index in [1.807, 2.05) is 16.8 Å². The minimum Gasteiger partial charge on any atom is -0.307 e. The van der Waals surface area contributed by atoms with E-state index >= 15 is 0 Å². The minimum absolute atomic E-state index is 0.885. The van der Waals surface area contributed by atoms with E-state index in [0.29, 0.717) is 0 Å². The number of hydrogen-bond acceptors (Lipinski definition) is 2. The second-order valence-electron chi connectivity index (χ2n) is 3.63. The lowest BCUT2D eigenvalue weighted by Gasteiger charge is -2.01. The van der Waals surface area contributed by atoms with Gasteiger partial charge in [-0.3, -0.25) is 0 Å². The van der Waals surface area contributed by atoms with Gasteiger partial charge in [-0.15, -0.1) is 0 Å². The van der Waals surface area contributed by atoms with Crippen molar-refractivity contribution in [3.8, 4) is 5.69 Å². The number of aromatic nitrogens is 2. The Morgan fingerprint density at radius 1 is 1.33 bits per heavy atom. The summed E-state index contributed by atoms with van der Waals surface area (Å²) in [7, 11) is 0. The molecule has 0 unspecified atom stereocenters. The summed E-state index contributed by atoms with van der Waals surface area (Å²) in [6, 6.07) is 8.16. The quantitative estimate of drug-likeness (QED) is 0.856. The molecule has 1 N–H and O–H groups in total. The fraction of sp³-hybridized carbons (Fsp3) is 0.182. The lowest BCUT2D eigenvalue weighted by molar-refractivity contribution is 0.721. The molecule has 0 saturated heterocycles. The van der Waals surface area contributed by atoms with Crippen LogP contribution in [-0.4, -0.2) is 9.78 Å². The number of fused-ring (bicyclic) bond motifs is 1. The molecule has 76 valence electrons. The molecule has 1 aliphatic rings. The Morgan fingerprint density at radius 2 is 2.27 bits per heavy atom. The monoisotopic (exact) mass is 263 g/mol. The Labute approximate surface area is 96.2 Å². The normalized spacial score (nSPS) is 14.2. The number of benzene rings is 1. The van der Waals surface area contributed by atoms with Crippen molar-refractivity contribution in [2.75, 3.05) is 0 Å². The predicted molar refractivity (Wildman–Crippen MR) is 61.8 cm³/mol. The van der Waals surface area contributed by atoms with Crippen molar-refractivity contribution in [2.45, 2.75) is 13.1 Å². The van der Waals surface area contributed by atoms with Gasteiger partial charge >= 0.3 is 0 Å². The molecule has 3 rings (SSSR count). The highest BCUT2D eigenvalue weighted by molar-refractivity contribution is 9.10. The first kappa shape index (κ1) is 9.12. The third kappa shape index (κ3) is 1.60. The molecular weight excluding hydrogens is 254 g/mol. The average molecular weight is 264 g/mol. The van der Waals surface area contributed by atoms with E-state index in [4.69, 9.17) is 0 Å². The lowest BCUT2D eigenvalue weighted by atomic mass is 10.3. The Balaban J connectivity index is 2.06. The Hall–Kier alpha value is -1.13. The first-order chi connectivity index (χ1) is 7.33. The van der Waals surface area contributed by atoms with Crippen LogP contribution >= 0.6 is 15.9 Å². The Bertz CT molecular complexity index is 483. The average Bonchev–Trinajstić information content (AvgIpc) is 2.76. The summed E-state index contributed by atoms with van der Waals surface area (Å²) in [5, 5.41) is 7.81. The van der Waals surface area contributed by atoms with Gasteiger partial charge in [0, 0.05) is 29.3 Å². The Morgan fingerprint density at radius 3 is 3.07 bits per heavy atom. The molecular formula is C11H10BrN3. The minimum atomic E-state index is 0.885. The molecule has 4 heteroatoms. The molecule has 1 aromatic heterocycles. The molecule has 2 aromatic rings. The molecule has 0 saturated carbocycles. The van der Waals surface area contributed by atoms with Gasteiger partial charge in [0.1, 0.15) is 0 Å².